The van der Waals surface area contributed by atoms with Crippen molar-refractivity contribution in [3.63, 3.8) is 0 Å². The van der Waals surface area contributed by atoms with E-state index < -0.39 is 44.7 Å². The Balaban J connectivity index is 1.71. The summed E-state index contributed by atoms with van der Waals surface area (Å²) in [6, 6.07) is 11.3. The Kier molecular flexibility index (Phi) is 7.86. The Hall–Kier alpha value is -3.31. The van der Waals surface area contributed by atoms with Crippen molar-refractivity contribution in [1.82, 2.24) is 16.3 Å². The van der Waals surface area contributed by atoms with Crippen LogP contribution in [-0.2, 0) is 15.3 Å². The van der Waals surface area contributed by atoms with Gasteiger partial charge in [0.05, 0.1) is 21.3 Å². The summed E-state index contributed by atoms with van der Waals surface area (Å²) in [6.45, 7) is 5.55. The lowest BCUT2D eigenvalue weighted by Gasteiger charge is -2.28. The molecular formula is C27H23Cl2F4N3O3. The predicted octanol–water partition coefficient (Wildman–Crippen LogP) is 7.14. The third-order valence-corrected chi connectivity index (χ3v) is 6.24. The highest BCUT2D eigenvalue weighted by Gasteiger charge is 2.60. The highest BCUT2D eigenvalue weighted by atomic mass is 35.5. The molecule has 39 heavy (non-hydrogen) atoms. The highest BCUT2D eigenvalue weighted by molar-refractivity contribution is 6.35. The van der Waals surface area contributed by atoms with Gasteiger partial charge in [-0.1, -0.05) is 53.5 Å². The second-order valence-electron chi connectivity index (χ2n) is 9.59. The maximum absolute atomic E-state index is 14.4. The van der Waals surface area contributed by atoms with E-state index in [9.17, 15) is 22.4 Å². The summed E-state index contributed by atoms with van der Waals surface area (Å²) in [5.41, 5.74) is 1.61. The Morgan fingerprint density at radius 2 is 1.67 bits per heavy atom. The molecule has 0 saturated heterocycles. The molecule has 0 aliphatic carbocycles. The van der Waals surface area contributed by atoms with Crippen molar-refractivity contribution < 1.29 is 32.0 Å². The van der Waals surface area contributed by atoms with Crippen molar-refractivity contribution >= 4 is 45.6 Å². The number of alkyl halides is 3. The van der Waals surface area contributed by atoms with Crippen molar-refractivity contribution in [3.8, 4) is 0 Å². The third kappa shape index (κ3) is 5.84. The number of halogens is 6. The lowest BCUT2D eigenvalue weighted by molar-refractivity contribution is -0.269. The van der Waals surface area contributed by atoms with Crippen LogP contribution in [0.2, 0.25) is 10.0 Å². The second-order valence-corrected chi connectivity index (χ2v) is 10.4. The Labute approximate surface area is 231 Å². The van der Waals surface area contributed by atoms with Gasteiger partial charge in [-0.05, 0) is 55.8 Å². The van der Waals surface area contributed by atoms with Gasteiger partial charge in [-0.2, -0.15) is 13.2 Å². The molecule has 0 saturated carbocycles. The number of hydrogen-bond acceptors (Lipinski definition) is 5. The van der Waals surface area contributed by atoms with Crippen molar-refractivity contribution in [2.24, 2.45) is 0 Å². The van der Waals surface area contributed by atoms with Crippen molar-refractivity contribution in [2.45, 2.75) is 38.1 Å². The summed E-state index contributed by atoms with van der Waals surface area (Å²) in [7, 11) is 0. The zero-order valence-corrected chi connectivity index (χ0v) is 22.4. The van der Waals surface area contributed by atoms with Gasteiger partial charge in [0.1, 0.15) is 0 Å². The summed E-state index contributed by atoms with van der Waals surface area (Å²) < 4.78 is 57.2. The van der Waals surface area contributed by atoms with Crippen LogP contribution in [0, 0.1) is 5.82 Å². The molecule has 3 N–H and O–H groups in total. The molecule has 1 unspecified atom stereocenters. The number of nitrogens with one attached hydrogen (secondary N) is 3. The number of hydroxylamine groups is 2. The molecule has 0 aromatic heterocycles. The summed E-state index contributed by atoms with van der Waals surface area (Å²) in [6.07, 6.45) is -1.37. The molecular weight excluding hydrogens is 561 g/mol. The van der Waals surface area contributed by atoms with Crippen molar-refractivity contribution in [1.29, 1.82) is 0 Å². The van der Waals surface area contributed by atoms with E-state index in [1.165, 1.54) is 24.5 Å². The number of carbonyl (C=O) groups excluding carboxylic acids is 1. The Morgan fingerprint density at radius 1 is 1.03 bits per heavy atom. The molecule has 6 nitrogen and oxygen atoms in total. The van der Waals surface area contributed by atoms with E-state index in [-0.39, 0.29) is 11.3 Å². The average molecular weight is 584 g/mol. The number of fused-ring (bicyclic) bond motifs is 1. The minimum atomic E-state index is -4.97. The monoisotopic (exact) mass is 583 g/mol. The number of rotatable bonds is 6. The molecule has 1 amide bonds. The van der Waals surface area contributed by atoms with Crippen LogP contribution in [0.4, 0.5) is 17.6 Å². The number of hydrogen-bond donors (Lipinski definition) is 3. The minimum absolute atomic E-state index is 0.0181. The zero-order valence-electron chi connectivity index (χ0n) is 20.8. The number of benzene rings is 3. The maximum atomic E-state index is 14.4. The second kappa shape index (κ2) is 10.7. The molecule has 1 heterocycles. The topological polar surface area (TPSA) is 71.6 Å². The number of carbonyl (C=O) groups is 1. The zero-order chi connectivity index (χ0) is 28.6. The predicted molar refractivity (Wildman–Crippen MR) is 141 cm³/mol. The van der Waals surface area contributed by atoms with Gasteiger partial charge < -0.3 is 5.32 Å². The first-order chi connectivity index (χ1) is 18.2. The average Bonchev–Trinajstić information content (AvgIpc) is 3.32. The standard InChI is InChI=1S/C27H23Cl2F4N3O3/c1-25(2,3)38-35-11-10-34-24(37)19-9-8-18(16-6-4-5-7-17(16)19)22-14-26(39-36-22,27(31,32)33)15-12-20(28)23(30)21(29)13-15/h4-14,35-36H,1-3H3,(H,34,37). The van der Waals surface area contributed by atoms with Gasteiger partial charge in [0, 0.05) is 29.1 Å². The van der Waals surface area contributed by atoms with Gasteiger partial charge >= 0.3 is 6.18 Å². The van der Waals surface area contributed by atoms with Crippen LogP contribution in [0.25, 0.3) is 16.5 Å². The van der Waals surface area contributed by atoms with E-state index in [1.807, 2.05) is 20.8 Å². The molecule has 1 aliphatic rings. The molecule has 0 spiro atoms. The van der Waals surface area contributed by atoms with E-state index >= 15 is 0 Å². The van der Waals surface area contributed by atoms with Crippen LogP contribution < -0.4 is 16.3 Å². The van der Waals surface area contributed by atoms with E-state index in [1.54, 1.807) is 24.3 Å². The first-order valence-corrected chi connectivity index (χ1v) is 12.3. The Morgan fingerprint density at radius 3 is 2.28 bits per heavy atom. The SMILES string of the molecule is CC(C)(C)ONC=CNC(=O)c1ccc(C2=CC(c3cc(Cl)c(F)c(Cl)c3)(C(F)(F)F)ON2)c2ccccc12. The number of amides is 1. The fraction of sp³-hybridized carbons (Fsp3) is 0.222. The van der Waals surface area contributed by atoms with Gasteiger partial charge in [0.2, 0.25) is 5.60 Å². The van der Waals surface area contributed by atoms with E-state index in [4.69, 9.17) is 32.9 Å². The van der Waals surface area contributed by atoms with E-state index in [0.717, 1.165) is 18.2 Å². The van der Waals surface area contributed by atoms with Crippen LogP contribution in [0.3, 0.4) is 0 Å². The summed E-state index contributed by atoms with van der Waals surface area (Å²) in [4.78, 5) is 23.3. The van der Waals surface area contributed by atoms with Crippen LogP contribution in [0.5, 0.6) is 0 Å². The maximum Gasteiger partial charge on any atom is 0.428 e. The molecule has 0 bridgehead atoms. The fourth-order valence-corrected chi connectivity index (χ4v) is 4.40. The lowest BCUT2D eigenvalue weighted by atomic mass is 9.90. The normalized spacial score (nSPS) is 17.8. The third-order valence-electron chi connectivity index (χ3n) is 5.69. The van der Waals surface area contributed by atoms with E-state index in [0.29, 0.717) is 16.3 Å². The quantitative estimate of drug-likeness (QED) is 0.163. The van der Waals surface area contributed by atoms with Crippen LogP contribution in [-0.4, -0.2) is 17.7 Å². The molecule has 1 aliphatic heterocycles. The van der Waals surface area contributed by atoms with Crippen molar-refractivity contribution in [3.05, 3.63) is 99.6 Å². The van der Waals surface area contributed by atoms with E-state index in [2.05, 4.69) is 16.3 Å². The molecule has 206 valence electrons. The summed E-state index contributed by atoms with van der Waals surface area (Å²) in [5.74, 6) is -1.49. The van der Waals surface area contributed by atoms with Gasteiger partial charge in [-0.3, -0.25) is 25.4 Å². The summed E-state index contributed by atoms with van der Waals surface area (Å²) in [5, 5.41) is 2.42. The molecule has 0 radical (unpaired) electrons. The first-order valence-electron chi connectivity index (χ1n) is 11.5. The van der Waals surface area contributed by atoms with Gasteiger partial charge in [0.15, 0.2) is 5.82 Å². The van der Waals surface area contributed by atoms with Gasteiger partial charge in [-0.15, -0.1) is 0 Å². The van der Waals surface area contributed by atoms with Crippen LogP contribution >= 0.6 is 23.2 Å². The minimum Gasteiger partial charge on any atom is -0.327 e. The molecule has 3 aromatic rings. The highest BCUT2D eigenvalue weighted by Crippen LogP contribution is 2.49. The molecule has 0 fully saturated rings. The smallest absolute Gasteiger partial charge is 0.327 e. The largest absolute Gasteiger partial charge is 0.428 e. The fourth-order valence-electron chi connectivity index (χ4n) is 3.92. The summed E-state index contributed by atoms with van der Waals surface area (Å²) >= 11 is 11.6. The molecule has 3 aromatic carbocycles. The van der Waals surface area contributed by atoms with Gasteiger partial charge in [-0.25, -0.2) is 4.39 Å². The molecule has 4 rings (SSSR count). The van der Waals surface area contributed by atoms with Crippen LogP contribution in [0.15, 0.2) is 67.0 Å². The molecule has 1 atom stereocenters. The van der Waals surface area contributed by atoms with Crippen molar-refractivity contribution in [2.75, 3.05) is 0 Å². The molecule has 12 heteroatoms. The first kappa shape index (κ1) is 28.7. The van der Waals surface area contributed by atoms with Crippen LogP contribution in [0.1, 0.15) is 42.3 Å². The Bertz CT molecular complexity index is 1460. The lowest BCUT2D eigenvalue weighted by Crippen LogP contribution is -2.42. The van der Waals surface area contributed by atoms with Gasteiger partial charge in [0.25, 0.3) is 5.91 Å².